The zero-order valence-corrected chi connectivity index (χ0v) is 16.0. The Morgan fingerprint density at radius 1 is 0.750 bits per heavy atom. The molecule has 0 N–H and O–H groups in total. The SMILES string of the molecule is CC(C)(C)C1CCC(P(=O)(c2ccccc2)c2ccccc2)CC1. The Kier molecular flexibility index (Phi) is 5.02. The molecule has 0 aliphatic heterocycles. The summed E-state index contributed by atoms with van der Waals surface area (Å²) in [6.07, 6.45) is 4.53. The van der Waals surface area contributed by atoms with Gasteiger partial charge >= 0.3 is 0 Å². The summed E-state index contributed by atoms with van der Waals surface area (Å²) in [5, 5.41) is 2.05. The molecule has 0 saturated heterocycles. The molecule has 0 bridgehead atoms. The molecule has 24 heavy (non-hydrogen) atoms. The lowest BCUT2D eigenvalue weighted by Crippen LogP contribution is -2.32. The van der Waals surface area contributed by atoms with Crippen LogP contribution < -0.4 is 10.6 Å². The van der Waals surface area contributed by atoms with Crippen LogP contribution in [0.5, 0.6) is 0 Å². The van der Waals surface area contributed by atoms with Crippen LogP contribution in [-0.4, -0.2) is 5.66 Å². The number of hydrogen-bond donors (Lipinski definition) is 0. The summed E-state index contributed by atoms with van der Waals surface area (Å²) in [5.74, 6) is 0.744. The zero-order chi connectivity index (χ0) is 17.2. The van der Waals surface area contributed by atoms with Crippen molar-refractivity contribution < 1.29 is 4.57 Å². The van der Waals surface area contributed by atoms with E-state index >= 15 is 0 Å². The summed E-state index contributed by atoms with van der Waals surface area (Å²) in [6, 6.07) is 20.3. The third kappa shape index (κ3) is 3.38. The first kappa shape index (κ1) is 17.5. The second-order valence-electron chi connectivity index (χ2n) is 8.20. The standard InChI is InChI=1S/C22H29OP/c1-22(2,3)18-14-16-21(17-15-18)24(23,19-10-6-4-7-11-19)20-12-8-5-9-13-20/h4-13,18,21H,14-17H2,1-3H3. The molecule has 1 aliphatic carbocycles. The summed E-state index contributed by atoms with van der Waals surface area (Å²) in [4.78, 5) is 0. The van der Waals surface area contributed by atoms with Crippen molar-refractivity contribution in [3.8, 4) is 0 Å². The Bertz CT molecular complexity index is 648. The average molecular weight is 340 g/mol. The van der Waals surface area contributed by atoms with Gasteiger partial charge in [0, 0.05) is 16.3 Å². The molecule has 0 unspecified atom stereocenters. The van der Waals surface area contributed by atoms with Crippen LogP contribution in [0.15, 0.2) is 60.7 Å². The van der Waals surface area contributed by atoms with Gasteiger partial charge in [-0.05, 0) is 37.0 Å². The Hall–Kier alpha value is -1.33. The van der Waals surface area contributed by atoms with Gasteiger partial charge in [0.15, 0.2) is 0 Å². The summed E-state index contributed by atoms with van der Waals surface area (Å²) in [7, 11) is -2.58. The van der Waals surface area contributed by atoms with E-state index in [0.717, 1.165) is 29.4 Å². The first-order chi connectivity index (χ1) is 11.4. The lowest BCUT2D eigenvalue weighted by Gasteiger charge is -2.39. The Labute approximate surface area is 146 Å². The summed E-state index contributed by atoms with van der Waals surface area (Å²) < 4.78 is 14.3. The molecule has 0 atom stereocenters. The van der Waals surface area contributed by atoms with Gasteiger partial charge in [0.2, 0.25) is 0 Å². The molecule has 1 saturated carbocycles. The van der Waals surface area contributed by atoms with Crippen LogP contribution in [0.2, 0.25) is 0 Å². The van der Waals surface area contributed by atoms with Crippen LogP contribution >= 0.6 is 7.14 Å². The molecule has 0 heterocycles. The molecule has 0 radical (unpaired) electrons. The minimum Gasteiger partial charge on any atom is -0.313 e. The Morgan fingerprint density at radius 2 is 1.17 bits per heavy atom. The normalized spacial score (nSPS) is 22.3. The van der Waals surface area contributed by atoms with Crippen LogP contribution in [0.3, 0.4) is 0 Å². The van der Waals surface area contributed by atoms with E-state index in [-0.39, 0.29) is 5.66 Å². The van der Waals surface area contributed by atoms with Gasteiger partial charge in [-0.2, -0.15) is 0 Å². The van der Waals surface area contributed by atoms with Crippen LogP contribution in [-0.2, 0) is 4.57 Å². The zero-order valence-electron chi connectivity index (χ0n) is 15.1. The molecule has 2 heteroatoms. The molecule has 3 rings (SSSR count). The summed E-state index contributed by atoms with van der Waals surface area (Å²) in [6.45, 7) is 7.02. The van der Waals surface area contributed by atoms with Crippen molar-refractivity contribution in [2.75, 3.05) is 0 Å². The van der Waals surface area contributed by atoms with Crippen molar-refractivity contribution in [3.63, 3.8) is 0 Å². The van der Waals surface area contributed by atoms with E-state index in [1.165, 1.54) is 12.8 Å². The molecular weight excluding hydrogens is 311 g/mol. The Balaban J connectivity index is 1.95. The second kappa shape index (κ2) is 6.89. The van der Waals surface area contributed by atoms with E-state index in [0.29, 0.717) is 5.41 Å². The minimum absolute atomic E-state index is 0.279. The van der Waals surface area contributed by atoms with Crippen molar-refractivity contribution in [3.05, 3.63) is 60.7 Å². The molecule has 0 spiro atoms. The topological polar surface area (TPSA) is 17.1 Å². The van der Waals surface area contributed by atoms with E-state index in [9.17, 15) is 4.57 Å². The summed E-state index contributed by atoms with van der Waals surface area (Å²) in [5.41, 5.74) is 0.634. The highest BCUT2D eigenvalue weighted by molar-refractivity contribution is 7.79. The molecule has 2 aromatic carbocycles. The van der Waals surface area contributed by atoms with Gasteiger partial charge < -0.3 is 4.57 Å². The lowest BCUT2D eigenvalue weighted by atomic mass is 9.72. The van der Waals surface area contributed by atoms with Gasteiger partial charge in [-0.25, -0.2) is 0 Å². The van der Waals surface area contributed by atoms with Crippen molar-refractivity contribution >= 4 is 17.8 Å². The van der Waals surface area contributed by atoms with Crippen molar-refractivity contribution in [2.45, 2.75) is 52.1 Å². The van der Waals surface area contributed by atoms with Gasteiger partial charge in [-0.1, -0.05) is 81.4 Å². The molecule has 0 amide bonds. The smallest absolute Gasteiger partial charge is 0.146 e. The first-order valence-electron chi connectivity index (χ1n) is 9.13. The van der Waals surface area contributed by atoms with E-state index in [1.54, 1.807) is 0 Å². The second-order valence-corrected chi connectivity index (χ2v) is 11.3. The van der Waals surface area contributed by atoms with E-state index in [2.05, 4.69) is 45.0 Å². The largest absolute Gasteiger partial charge is 0.313 e. The number of benzene rings is 2. The van der Waals surface area contributed by atoms with E-state index in [1.807, 2.05) is 36.4 Å². The summed E-state index contributed by atoms with van der Waals surface area (Å²) >= 11 is 0. The molecule has 128 valence electrons. The van der Waals surface area contributed by atoms with Crippen LogP contribution in [0, 0.1) is 11.3 Å². The fraction of sp³-hybridized carbons (Fsp3) is 0.455. The van der Waals surface area contributed by atoms with Gasteiger partial charge in [0.25, 0.3) is 0 Å². The minimum atomic E-state index is -2.58. The predicted molar refractivity (Wildman–Crippen MR) is 105 cm³/mol. The highest BCUT2D eigenvalue weighted by Gasteiger charge is 2.40. The van der Waals surface area contributed by atoms with E-state index in [4.69, 9.17) is 0 Å². The molecule has 2 aromatic rings. The monoisotopic (exact) mass is 340 g/mol. The van der Waals surface area contributed by atoms with Gasteiger partial charge in [0.05, 0.1) is 0 Å². The molecule has 1 fully saturated rings. The number of rotatable bonds is 3. The van der Waals surface area contributed by atoms with Gasteiger partial charge in [-0.3, -0.25) is 0 Å². The maximum Gasteiger partial charge on any atom is 0.146 e. The maximum atomic E-state index is 14.3. The fourth-order valence-electron chi connectivity index (χ4n) is 4.18. The predicted octanol–water partition coefficient (Wildman–Crippen LogP) is 5.61. The molecule has 1 aliphatic rings. The van der Waals surface area contributed by atoms with Gasteiger partial charge in [-0.15, -0.1) is 0 Å². The molecule has 0 aromatic heterocycles. The number of hydrogen-bond acceptors (Lipinski definition) is 1. The third-order valence-electron chi connectivity index (χ3n) is 5.72. The Morgan fingerprint density at radius 3 is 1.54 bits per heavy atom. The van der Waals surface area contributed by atoms with Crippen LogP contribution in [0.25, 0.3) is 0 Å². The molecule has 1 nitrogen and oxygen atoms in total. The fourth-order valence-corrected chi connectivity index (χ4v) is 7.57. The first-order valence-corrected chi connectivity index (χ1v) is 10.9. The highest BCUT2D eigenvalue weighted by atomic mass is 31.2. The quantitative estimate of drug-likeness (QED) is 0.664. The van der Waals surface area contributed by atoms with Crippen molar-refractivity contribution in [1.29, 1.82) is 0 Å². The third-order valence-corrected chi connectivity index (χ3v) is 9.39. The average Bonchev–Trinajstić information content (AvgIpc) is 2.62. The van der Waals surface area contributed by atoms with Crippen LogP contribution in [0.1, 0.15) is 46.5 Å². The van der Waals surface area contributed by atoms with E-state index < -0.39 is 7.14 Å². The van der Waals surface area contributed by atoms with Gasteiger partial charge in [0.1, 0.15) is 7.14 Å². The van der Waals surface area contributed by atoms with Crippen molar-refractivity contribution in [2.24, 2.45) is 11.3 Å². The highest BCUT2D eigenvalue weighted by Crippen LogP contribution is 2.55. The lowest BCUT2D eigenvalue weighted by molar-refractivity contribution is 0.181. The maximum absolute atomic E-state index is 14.3. The molecular formula is C22H29OP. The van der Waals surface area contributed by atoms with Crippen LogP contribution in [0.4, 0.5) is 0 Å². The van der Waals surface area contributed by atoms with Crippen molar-refractivity contribution in [1.82, 2.24) is 0 Å².